The van der Waals surface area contributed by atoms with Gasteiger partial charge in [0.25, 0.3) is 5.91 Å². The molecule has 0 spiro atoms. The van der Waals surface area contributed by atoms with Gasteiger partial charge in [0.05, 0.1) is 18.1 Å². The molecule has 0 aliphatic carbocycles. The summed E-state index contributed by atoms with van der Waals surface area (Å²) in [4.78, 5) is 55.9. The molecule has 2 saturated heterocycles. The van der Waals surface area contributed by atoms with Crippen LogP contribution >= 0.6 is 0 Å². The van der Waals surface area contributed by atoms with Crippen molar-refractivity contribution in [2.45, 2.75) is 103 Å². The second-order valence-corrected chi connectivity index (χ2v) is 12.5. The quantitative estimate of drug-likeness (QED) is 0.483. The molecule has 10 heteroatoms. The SMILES string of the molecule is CO[C@@H]1CC/C=C/c2cccc(c2)C2CCCCN2C(=O)[C@@H]2CCCN(N2)C(=O)[C@@H](C)NC(=O)[C@H](C(C)C)NC(=O)[C@@H]1C. The number of methoxy groups -OCH3 is 1. The third kappa shape index (κ3) is 8.03. The van der Waals surface area contributed by atoms with Gasteiger partial charge >= 0.3 is 0 Å². The van der Waals surface area contributed by atoms with Crippen LogP contribution in [0.4, 0.5) is 0 Å². The van der Waals surface area contributed by atoms with Gasteiger partial charge in [0.1, 0.15) is 18.1 Å². The summed E-state index contributed by atoms with van der Waals surface area (Å²) in [5.41, 5.74) is 5.35. The molecular formula is C33H49N5O5. The fourth-order valence-electron chi connectivity index (χ4n) is 6.37. The number of rotatable bonds is 2. The first kappa shape index (κ1) is 32.7. The number of hydrazine groups is 1. The highest BCUT2D eigenvalue weighted by molar-refractivity contribution is 5.92. The molecule has 4 rings (SSSR count). The van der Waals surface area contributed by atoms with Crippen LogP contribution in [0.5, 0.6) is 0 Å². The van der Waals surface area contributed by atoms with E-state index in [1.165, 1.54) is 5.01 Å². The van der Waals surface area contributed by atoms with Gasteiger partial charge in [-0.05, 0) is 75.0 Å². The number of nitrogens with one attached hydrogen (secondary N) is 3. The number of allylic oxidation sites excluding steroid dienone is 1. The lowest BCUT2D eigenvalue weighted by Crippen LogP contribution is -2.62. The lowest BCUT2D eigenvalue weighted by molar-refractivity contribution is -0.147. The summed E-state index contributed by atoms with van der Waals surface area (Å²) >= 11 is 0. The van der Waals surface area contributed by atoms with Crippen LogP contribution in [-0.2, 0) is 23.9 Å². The Morgan fingerprint density at radius 3 is 2.44 bits per heavy atom. The molecule has 3 heterocycles. The van der Waals surface area contributed by atoms with Crippen LogP contribution in [-0.4, -0.2) is 78.0 Å². The molecule has 43 heavy (non-hydrogen) atoms. The zero-order valence-corrected chi connectivity index (χ0v) is 26.3. The summed E-state index contributed by atoms with van der Waals surface area (Å²) in [6.45, 7) is 8.29. The van der Waals surface area contributed by atoms with Gasteiger partial charge in [-0.2, -0.15) is 0 Å². The minimum atomic E-state index is -0.841. The minimum absolute atomic E-state index is 0.00397. The molecular weight excluding hydrogens is 546 g/mol. The molecule has 1 unspecified atom stereocenters. The Bertz CT molecular complexity index is 1190. The number of carbonyl (C=O) groups excluding carboxylic acids is 4. The van der Waals surface area contributed by atoms with Crippen LogP contribution < -0.4 is 16.1 Å². The monoisotopic (exact) mass is 595 g/mol. The van der Waals surface area contributed by atoms with Crippen LogP contribution in [0.25, 0.3) is 6.08 Å². The average Bonchev–Trinajstić information content (AvgIpc) is 3.02. The van der Waals surface area contributed by atoms with Gasteiger partial charge in [-0.25, -0.2) is 5.43 Å². The highest BCUT2D eigenvalue weighted by Crippen LogP contribution is 2.33. The van der Waals surface area contributed by atoms with Crippen molar-refractivity contribution in [2.24, 2.45) is 11.8 Å². The van der Waals surface area contributed by atoms with E-state index in [1.807, 2.05) is 31.7 Å². The third-order valence-electron chi connectivity index (χ3n) is 9.01. The topological polar surface area (TPSA) is 120 Å². The van der Waals surface area contributed by atoms with Crippen LogP contribution in [0.2, 0.25) is 0 Å². The molecule has 4 amide bonds. The maximum absolute atomic E-state index is 13.9. The lowest BCUT2D eigenvalue weighted by atomic mass is 9.92. The first-order valence-electron chi connectivity index (χ1n) is 15.9. The van der Waals surface area contributed by atoms with Crippen molar-refractivity contribution in [3.8, 4) is 0 Å². The van der Waals surface area contributed by atoms with Gasteiger partial charge < -0.3 is 20.3 Å². The molecule has 0 saturated carbocycles. The van der Waals surface area contributed by atoms with Crippen molar-refractivity contribution in [2.75, 3.05) is 20.2 Å². The van der Waals surface area contributed by atoms with Crippen molar-refractivity contribution in [1.29, 1.82) is 0 Å². The van der Waals surface area contributed by atoms with Crippen molar-refractivity contribution in [1.82, 2.24) is 26.0 Å². The zero-order chi connectivity index (χ0) is 31.1. The van der Waals surface area contributed by atoms with Crippen LogP contribution in [0, 0.1) is 11.8 Å². The largest absolute Gasteiger partial charge is 0.381 e. The fraction of sp³-hybridized carbons (Fsp3) is 0.636. The van der Waals surface area contributed by atoms with Gasteiger partial charge in [0, 0.05) is 20.2 Å². The number of nitrogens with zero attached hydrogens (tertiary/aromatic N) is 2. The summed E-state index contributed by atoms with van der Waals surface area (Å²) < 4.78 is 5.69. The van der Waals surface area contributed by atoms with Crippen molar-refractivity contribution >= 4 is 29.7 Å². The van der Waals surface area contributed by atoms with Gasteiger partial charge in [0.2, 0.25) is 17.7 Å². The number of hydrogen-bond acceptors (Lipinski definition) is 6. The van der Waals surface area contributed by atoms with Gasteiger partial charge in [0.15, 0.2) is 0 Å². The third-order valence-corrected chi connectivity index (χ3v) is 9.01. The number of amides is 4. The first-order valence-corrected chi connectivity index (χ1v) is 15.9. The Hall–Kier alpha value is -3.24. The van der Waals surface area contributed by atoms with E-state index >= 15 is 0 Å². The van der Waals surface area contributed by atoms with Gasteiger partial charge in [-0.1, -0.05) is 51.1 Å². The van der Waals surface area contributed by atoms with E-state index in [9.17, 15) is 19.2 Å². The second-order valence-electron chi connectivity index (χ2n) is 12.5. The number of carbonyl (C=O) groups is 4. The molecule has 236 valence electrons. The van der Waals surface area contributed by atoms with Crippen molar-refractivity contribution in [3.63, 3.8) is 0 Å². The maximum Gasteiger partial charge on any atom is 0.258 e. The molecule has 10 nitrogen and oxygen atoms in total. The zero-order valence-electron chi connectivity index (χ0n) is 26.3. The highest BCUT2D eigenvalue weighted by Gasteiger charge is 2.37. The molecule has 6 atom stereocenters. The highest BCUT2D eigenvalue weighted by atomic mass is 16.5. The Morgan fingerprint density at radius 2 is 1.70 bits per heavy atom. The molecule has 3 N–H and O–H groups in total. The van der Waals surface area contributed by atoms with Crippen molar-refractivity contribution < 1.29 is 23.9 Å². The van der Waals surface area contributed by atoms with E-state index < -0.39 is 30.0 Å². The number of piperidine rings is 1. The molecule has 0 radical (unpaired) electrons. The molecule has 1 aromatic carbocycles. The van der Waals surface area contributed by atoms with E-state index in [2.05, 4.69) is 46.4 Å². The van der Waals surface area contributed by atoms with E-state index in [1.54, 1.807) is 14.0 Å². The minimum Gasteiger partial charge on any atom is -0.381 e. The van der Waals surface area contributed by atoms with Crippen LogP contribution in [0.1, 0.15) is 89.8 Å². The van der Waals surface area contributed by atoms with E-state index in [0.717, 1.165) is 30.4 Å². The van der Waals surface area contributed by atoms with E-state index in [-0.39, 0.29) is 35.8 Å². The number of ether oxygens (including phenoxy) is 1. The standard InChI is InChI=1S/C33H49N5O5/c1-21(2)29-31(40)34-23(4)32(41)38-19-11-15-26(36-38)33(42)37-18-9-8-16-27(37)25-14-10-13-24(20-25)12-6-7-17-28(43-5)22(3)30(39)35-29/h6,10,12-14,20-23,26-29,36H,7-9,11,15-19H2,1-5H3,(H,34,40)(H,35,39)/b12-6+/t22-,23-,26+,27?,28-,29+/m1/s1. The Kier molecular flexibility index (Phi) is 11.4. The summed E-state index contributed by atoms with van der Waals surface area (Å²) in [5, 5.41) is 7.17. The fourth-order valence-corrected chi connectivity index (χ4v) is 6.37. The number of fused-ring (bicyclic) bond motifs is 6. The molecule has 3 aliphatic rings. The summed E-state index contributed by atoms with van der Waals surface area (Å²) in [6.07, 6.45) is 9.41. The normalized spacial score (nSPS) is 30.9. The average molecular weight is 596 g/mol. The van der Waals surface area contributed by atoms with E-state index in [4.69, 9.17) is 4.74 Å². The van der Waals surface area contributed by atoms with Gasteiger partial charge in [-0.3, -0.25) is 24.2 Å². The first-order chi connectivity index (χ1) is 20.6. The van der Waals surface area contributed by atoms with Crippen LogP contribution in [0.15, 0.2) is 30.3 Å². The molecule has 4 bridgehead atoms. The predicted molar refractivity (Wildman–Crippen MR) is 165 cm³/mol. The summed E-state index contributed by atoms with van der Waals surface area (Å²) in [6, 6.07) is 6.15. The number of hydrogen-bond donors (Lipinski definition) is 3. The summed E-state index contributed by atoms with van der Waals surface area (Å²) in [5.74, 6) is -1.67. The summed E-state index contributed by atoms with van der Waals surface area (Å²) in [7, 11) is 1.60. The predicted octanol–water partition coefficient (Wildman–Crippen LogP) is 3.34. The lowest BCUT2D eigenvalue weighted by Gasteiger charge is -2.41. The molecule has 1 aromatic rings. The Labute approximate surface area is 255 Å². The number of benzene rings is 1. The molecule has 2 fully saturated rings. The second kappa shape index (κ2) is 15.0. The van der Waals surface area contributed by atoms with Crippen molar-refractivity contribution in [3.05, 3.63) is 41.5 Å². The molecule has 3 aliphatic heterocycles. The molecule has 0 aromatic heterocycles. The smallest absolute Gasteiger partial charge is 0.258 e. The van der Waals surface area contributed by atoms with E-state index in [0.29, 0.717) is 38.8 Å². The maximum atomic E-state index is 13.9. The Balaban J connectivity index is 1.63. The Morgan fingerprint density at radius 1 is 0.907 bits per heavy atom. The van der Waals surface area contributed by atoms with Gasteiger partial charge in [-0.15, -0.1) is 0 Å². The van der Waals surface area contributed by atoms with Crippen LogP contribution in [0.3, 0.4) is 0 Å².